The van der Waals surface area contributed by atoms with E-state index in [1.807, 2.05) is 20.8 Å². The number of amides is 1. The molecule has 0 aromatic carbocycles. The second-order valence-electron chi connectivity index (χ2n) is 6.69. The van der Waals surface area contributed by atoms with Crippen LogP contribution in [0.4, 0.5) is 0 Å². The van der Waals surface area contributed by atoms with Crippen LogP contribution in [0.3, 0.4) is 0 Å². The lowest BCUT2D eigenvalue weighted by Gasteiger charge is -2.18. The highest BCUT2D eigenvalue weighted by atomic mass is 16.4. The van der Waals surface area contributed by atoms with Crippen LogP contribution in [0.15, 0.2) is 12.3 Å². The number of aliphatic carboxylic acids is 1. The number of nitrogens with zero attached hydrogens (tertiary/aromatic N) is 3. The smallest absolute Gasteiger partial charge is 0.308 e. The molecule has 2 heterocycles. The highest BCUT2D eigenvalue weighted by Gasteiger charge is 2.34. The minimum absolute atomic E-state index is 0.138. The molecule has 0 saturated heterocycles. The number of carboxylic acids is 1. The fourth-order valence-electron chi connectivity index (χ4n) is 3.38. The summed E-state index contributed by atoms with van der Waals surface area (Å²) in [6.45, 7) is 5.85. The van der Waals surface area contributed by atoms with E-state index in [9.17, 15) is 14.7 Å². The molecule has 2 aromatic rings. The van der Waals surface area contributed by atoms with Crippen LogP contribution in [0.1, 0.15) is 55.2 Å². The summed E-state index contributed by atoms with van der Waals surface area (Å²) in [5, 5.41) is 17.2. The summed E-state index contributed by atoms with van der Waals surface area (Å²) in [6.07, 6.45) is 3.77. The lowest BCUT2D eigenvalue weighted by atomic mass is 10.0. The average molecular weight is 330 g/mol. The molecule has 0 spiro atoms. The number of carbonyl (C=O) groups is 2. The van der Waals surface area contributed by atoms with Crippen molar-refractivity contribution in [3.05, 3.63) is 23.5 Å². The van der Waals surface area contributed by atoms with Crippen LogP contribution >= 0.6 is 0 Å². The number of carboxylic acid groups (broad SMARTS) is 1. The Balaban J connectivity index is 1.94. The van der Waals surface area contributed by atoms with Crippen LogP contribution in [0.5, 0.6) is 0 Å². The average Bonchev–Trinajstić information content (AvgIpc) is 3.12. The van der Waals surface area contributed by atoms with Gasteiger partial charge in [-0.05, 0) is 39.7 Å². The highest BCUT2D eigenvalue weighted by molar-refractivity contribution is 6.05. The lowest BCUT2D eigenvalue weighted by Crippen LogP contribution is -2.40. The van der Waals surface area contributed by atoms with Crippen molar-refractivity contribution in [2.75, 3.05) is 0 Å². The Morgan fingerprint density at radius 3 is 2.79 bits per heavy atom. The number of nitrogens with one attached hydrogen (secondary N) is 1. The van der Waals surface area contributed by atoms with E-state index in [-0.39, 0.29) is 18.0 Å². The second kappa shape index (κ2) is 6.22. The zero-order valence-corrected chi connectivity index (χ0v) is 14.1. The van der Waals surface area contributed by atoms with Crippen LogP contribution < -0.4 is 5.32 Å². The van der Waals surface area contributed by atoms with Crippen molar-refractivity contribution >= 4 is 22.9 Å². The molecule has 0 bridgehead atoms. The number of hydrogen-bond donors (Lipinski definition) is 2. The predicted molar refractivity (Wildman–Crippen MR) is 88.9 cm³/mol. The Morgan fingerprint density at radius 2 is 2.12 bits per heavy atom. The molecule has 1 fully saturated rings. The first-order valence-electron chi connectivity index (χ1n) is 8.27. The van der Waals surface area contributed by atoms with Crippen LogP contribution in [-0.2, 0) is 4.79 Å². The van der Waals surface area contributed by atoms with Gasteiger partial charge in [-0.25, -0.2) is 9.67 Å². The normalized spacial score (nSPS) is 20.7. The Labute approximate surface area is 140 Å². The molecule has 3 rings (SSSR count). The second-order valence-corrected chi connectivity index (χ2v) is 6.69. The van der Waals surface area contributed by atoms with Gasteiger partial charge in [0.05, 0.1) is 23.1 Å². The van der Waals surface area contributed by atoms with Crippen molar-refractivity contribution in [2.45, 2.75) is 52.1 Å². The fourth-order valence-corrected chi connectivity index (χ4v) is 3.38. The number of aromatic nitrogens is 3. The van der Waals surface area contributed by atoms with E-state index in [1.54, 1.807) is 16.9 Å². The van der Waals surface area contributed by atoms with E-state index in [0.717, 1.165) is 12.1 Å². The number of aryl methyl sites for hydroxylation is 1. The largest absolute Gasteiger partial charge is 0.481 e. The van der Waals surface area contributed by atoms with E-state index < -0.39 is 11.9 Å². The van der Waals surface area contributed by atoms with Crippen LogP contribution in [0.2, 0.25) is 0 Å². The zero-order valence-electron chi connectivity index (χ0n) is 14.1. The quantitative estimate of drug-likeness (QED) is 0.896. The monoisotopic (exact) mass is 330 g/mol. The molecular weight excluding hydrogens is 308 g/mol. The molecule has 128 valence electrons. The Hall–Kier alpha value is -2.44. The molecule has 24 heavy (non-hydrogen) atoms. The molecule has 0 radical (unpaired) electrons. The summed E-state index contributed by atoms with van der Waals surface area (Å²) >= 11 is 0. The minimum atomic E-state index is -0.846. The molecule has 0 unspecified atom stereocenters. The van der Waals surface area contributed by atoms with E-state index in [2.05, 4.69) is 15.4 Å². The molecular formula is C17H22N4O3. The molecule has 1 amide bonds. The summed E-state index contributed by atoms with van der Waals surface area (Å²) < 4.78 is 1.79. The molecule has 7 nitrogen and oxygen atoms in total. The first-order valence-corrected chi connectivity index (χ1v) is 8.27. The van der Waals surface area contributed by atoms with Gasteiger partial charge in [0.25, 0.3) is 5.91 Å². The molecule has 2 aromatic heterocycles. The van der Waals surface area contributed by atoms with Crippen molar-refractivity contribution in [2.24, 2.45) is 5.92 Å². The van der Waals surface area contributed by atoms with Gasteiger partial charge in [0.2, 0.25) is 0 Å². The van der Waals surface area contributed by atoms with Crippen LogP contribution in [0, 0.1) is 12.8 Å². The summed E-state index contributed by atoms with van der Waals surface area (Å²) in [5.41, 5.74) is 1.91. The van der Waals surface area contributed by atoms with Crippen molar-refractivity contribution in [1.29, 1.82) is 0 Å². The summed E-state index contributed by atoms with van der Waals surface area (Å²) in [4.78, 5) is 28.5. The van der Waals surface area contributed by atoms with Gasteiger partial charge >= 0.3 is 5.97 Å². The Kier molecular flexibility index (Phi) is 4.26. The fraction of sp³-hybridized carbons (Fsp3) is 0.529. The van der Waals surface area contributed by atoms with Gasteiger partial charge < -0.3 is 10.4 Å². The third-order valence-corrected chi connectivity index (χ3v) is 4.58. The maximum atomic E-state index is 12.7. The minimum Gasteiger partial charge on any atom is -0.481 e. The van der Waals surface area contributed by atoms with Crippen molar-refractivity contribution < 1.29 is 14.7 Å². The highest BCUT2D eigenvalue weighted by Crippen LogP contribution is 2.27. The van der Waals surface area contributed by atoms with Gasteiger partial charge in [0, 0.05) is 17.8 Å². The van der Waals surface area contributed by atoms with Crippen molar-refractivity contribution in [1.82, 2.24) is 20.1 Å². The van der Waals surface area contributed by atoms with E-state index in [4.69, 9.17) is 0 Å². The van der Waals surface area contributed by atoms with Gasteiger partial charge in [-0.2, -0.15) is 5.10 Å². The summed E-state index contributed by atoms with van der Waals surface area (Å²) in [6, 6.07) is 1.55. The van der Waals surface area contributed by atoms with Gasteiger partial charge in [-0.1, -0.05) is 6.42 Å². The number of fused-ring (bicyclic) bond motifs is 1. The van der Waals surface area contributed by atoms with Gasteiger partial charge in [0.1, 0.15) is 0 Å². The SMILES string of the molecule is Cc1cc(C(=O)N[C@@H]2CCC[C@@H]2C(=O)O)c2cnn(C(C)C)c2n1. The molecule has 1 saturated carbocycles. The topological polar surface area (TPSA) is 97.1 Å². The molecule has 0 aliphatic heterocycles. The van der Waals surface area contributed by atoms with E-state index in [1.165, 1.54) is 0 Å². The van der Waals surface area contributed by atoms with Crippen molar-refractivity contribution in [3.63, 3.8) is 0 Å². The third kappa shape index (κ3) is 2.86. The van der Waals surface area contributed by atoms with Gasteiger partial charge in [0.15, 0.2) is 5.65 Å². The van der Waals surface area contributed by atoms with Crippen LogP contribution in [0.25, 0.3) is 11.0 Å². The molecule has 2 atom stereocenters. The maximum Gasteiger partial charge on any atom is 0.308 e. The number of rotatable bonds is 4. The molecule has 2 N–H and O–H groups in total. The maximum absolute atomic E-state index is 12.7. The van der Waals surface area contributed by atoms with E-state index >= 15 is 0 Å². The van der Waals surface area contributed by atoms with Crippen molar-refractivity contribution in [3.8, 4) is 0 Å². The third-order valence-electron chi connectivity index (χ3n) is 4.58. The summed E-state index contributed by atoms with van der Waals surface area (Å²) in [7, 11) is 0. The summed E-state index contributed by atoms with van der Waals surface area (Å²) in [5.74, 6) is -1.61. The number of pyridine rings is 1. The number of hydrogen-bond acceptors (Lipinski definition) is 4. The van der Waals surface area contributed by atoms with E-state index in [0.29, 0.717) is 29.4 Å². The Morgan fingerprint density at radius 1 is 1.38 bits per heavy atom. The number of carbonyl (C=O) groups excluding carboxylic acids is 1. The first kappa shape index (κ1) is 16.4. The Bertz CT molecular complexity index is 796. The predicted octanol–water partition coefficient (Wildman–Crippen LogP) is 2.30. The van der Waals surface area contributed by atoms with Crippen LogP contribution in [-0.4, -0.2) is 37.8 Å². The lowest BCUT2D eigenvalue weighted by molar-refractivity contribution is -0.142. The zero-order chi connectivity index (χ0) is 17.4. The molecule has 1 aliphatic carbocycles. The molecule has 1 aliphatic rings. The van der Waals surface area contributed by atoms with Gasteiger partial charge in [-0.15, -0.1) is 0 Å². The first-order chi connectivity index (χ1) is 11.4. The van der Waals surface area contributed by atoms with Gasteiger partial charge in [-0.3, -0.25) is 9.59 Å². The molecule has 7 heteroatoms. The standard InChI is InChI=1S/C17H22N4O3/c1-9(2)21-15-13(8-18-21)12(7-10(3)19-15)16(22)20-14-6-4-5-11(14)17(23)24/h7-9,11,14H,4-6H2,1-3H3,(H,20,22)(H,23,24)/t11-,14+/m0/s1.